The maximum Gasteiger partial charge on any atom is 0.417 e. The van der Waals surface area contributed by atoms with Gasteiger partial charge in [0.25, 0.3) is 10.0 Å². The maximum atomic E-state index is 13.8. The second-order valence-corrected chi connectivity index (χ2v) is 11.3. The quantitative estimate of drug-likeness (QED) is 0.339. The van der Waals surface area contributed by atoms with E-state index in [1.165, 1.54) is 36.1 Å². The molecule has 3 aromatic rings. The van der Waals surface area contributed by atoms with Crippen LogP contribution in [0.1, 0.15) is 30.5 Å². The highest BCUT2D eigenvalue weighted by atomic mass is 35.5. The Morgan fingerprint density at radius 2 is 1.62 bits per heavy atom. The van der Waals surface area contributed by atoms with Crippen LogP contribution in [0.4, 0.5) is 18.9 Å². The second-order valence-electron chi connectivity index (χ2n) is 9.06. The van der Waals surface area contributed by atoms with Crippen molar-refractivity contribution >= 4 is 39.1 Å². The average molecular weight is 596 g/mol. The monoisotopic (exact) mass is 595 g/mol. The number of hydrogen-bond acceptors (Lipinski definition) is 4. The first-order valence-corrected chi connectivity index (χ1v) is 14.1. The summed E-state index contributed by atoms with van der Waals surface area (Å²) in [6, 6.07) is 15.8. The molecule has 214 valence electrons. The summed E-state index contributed by atoms with van der Waals surface area (Å²) in [7, 11) is -4.52. The second kappa shape index (κ2) is 12.7. The van der Waals surface area contributed by atoms with Gasteiger partial charge in [-0.1, -0.05) is 59.6 Å². The van der Waals surface area contributed by atoms with E-state index in [-0.39, 0.29) is 11.4 Å². The van der Waals surface area contributed by atoms with E-state index in [1.54, 1.807) is 25.1 Å². The van der Waals surface area contributed by atoms with E-state index in [0.717, 1.165) is 17.7 Å². The SMILES string of the molecule is CCNC(=O)C(C)N(Cc1ccc(C)cc1)C(=O)CN(c1ccc(Cl)c(C(F)(F)F)c1)S(=O)(=O)c1ccccc1. The summed E-state index contributed by atoms with van der Waals surface area (Å²) in [6.07, 6.45) is -4.87. The maximum absolute atomic E-state index is 13.8. The minimum atomic E-state index is -4.87. The molecule has 12 heteroatoms. The Hall–Kier alpha value is -3.57. The molecule has 0 aliphatic heterocycles. The first-order valence-electron chi connectivity index (χ1n) is 12.3. The lowest BCUT2D eigenvalue weighted by atomic mass is 10.1. The average Bonchev–Trinajstić information content (AvgIpc) is 2.91. The third kappa shape index (κ3) is 7.33. The predicted molar refractivity (Wildman–Crippen MR) is 147 cm³/mol. The van der Waals surface area contributed by atoms with Crippen molar-refractivity contribution in [1.82, 2.24) is 10.2 Å². The first kappa shape index (κ1) is 31.0. The number of carbonyl (C=O) groups is 2. The van der Waals surface area contributed by atoms with Crippen molar-refractivity contribution in [3.8, 4) is 0 Å². The molecule has 2 amide bonds. The van der Waals surface area contributed by atoms with E-state index in [1.807, 2.05) is 19.1 Å². The van der Waals surface area contributed by atoms with E-state index >= 15 is 0 Å². The molecule has 1 atom stereocenters. The van der Waals surface area contributed by atoms with Gasteiger partial charge < -0.3 is 10.2 Å². The number of benzene rings is 3. The Bertz CT molecular complexity index is 1450. The van der Waals surface area contributed by atoms with Crippen molar-refractivity contribution < 1.29 is 31.2 Å². The number of hydrogen-bond donors (Lipinski definition) is 1. The Morgan fingerprint density at radius 1 is 1.00 bits per heavy atom. The fourth-order valence-electron chi connectivity index (χ4n) is 3.93. The van der Waals surface area contributed by atoms with Crippen molar-refractivity contribution in [3.63, 3.8) is 0 Å². The summed E-state index contributed by atoms with van der Waals surface area (Å²) in [5, 5.41) is 2.02. The number of carbonyl (C=O) groups excluding carboxylic acids is 2. The third-order valence-electron chi connectivity index (χ3n) is 6.15. The number of likely N-dealkylation sites (N-methyl/N-ethyl adjacent to an activating group) is 1. The summed E-state index contributed by atoms with van der Waals surface area (Å²) in [6.45, 7) is 4.49. The van der Waals surface area contributed by atoms with Crippen LogP contribution in [0.5, 0.6) is 0 Å². The van der Waals surface area contributed by atoms with Crippen molar-refractivity contribution in [2.75, 3.05) is 17.4 Å². The number of sulfonamides is 1. The highest BCUT2D eigenvalue weighted by Gasteiger charge is 2.36. The van der Waals surface area contributed by atoms with Gasteiger partial charge in [-0.2, -0.15) is 13.2 Å². The number of aryl methyl sites for hydroxylation is 1. The lowest BCUT2D eigenvalue weighted by Gasteiger charge is -2.32. The fraction of sp³-hybridized carbons (Fsp3) is 0.286. The minimum absolute atomic E-state index is 0.0366. The number of halogens is 4. The first-order chi connectivity index (χ1) is 18.8. The van der Waals surface area contributed by atoms with E-state index in [9.17, 15) is 31.2 Å². The molecule has 40 heavy (non-hydrogen) atoms. The smallest absolute Gasteiger partial charge is 0.355 e. The highest BCUT2D eigenvalue weighted by molar-refractivity contribution is 7.92. The normalized spacial score (nSPS) is 12.5. The predicted octanol–water partition coefficient (Wildman–Crippen LogP) is 5.42. The van der Waals surface area contributed by atoms with Gasteiger partial charge in [-0.15, -0.1) is 0 Å². The number of rotatable bonds is 10. The van der Waals surface area contributed by atoms with Gasteiger partial charge in [-0.25, -0.2) is 8.42 Å². The molecule has 0 aliphatic carbocycles. The van der Waals surface area contributed by atoms with Crippen LogP contribution in [0.2, 0.25) is 5.02 Å². The standard InChI is InChI=1S/C28H29ClF3N3O4S/c1-4-33-27(37)20(3)34(17-21-12-10-19(2)11-13-21)26(36)18-35(40(38,39)23-8-6-5-7-9-23)22-14-15-25(29)24(16-22)28(30,31)32/h5-16,20H,4,17-18H2,1-3H3,(H,33,37). The zero-order valence-corrected chi connectivity index (χ0v) is 23.6. The van der Waals surface area contributed by atoms with Crippen molar-refractivity contribution in [1.29, 1.82) is 0 Å². The molecule has 3 rings (SSSR count). The summed E-state index contributed by atoms with van der Waals surface area (Å²) in [5.41, 5.74) is -0.00499. The Labute approximate surface area is 236 Å². The molecule has 0 bridgehead atoms. The minimum Gasteiger partial charge on any atom is -0.355 e. The topological polar surface area (TPSA) is 86.8 Å². The molecule has 0 saturated carbocycles. The molecule has 0 radical (unpaired) electrons. The Kier molecular flexibility index (Phi) is 9.86. The number of amides is 2. The molecule has 7 nitrogen and oxygen atoms in total. The van der Waals surface area contributed by atoms with Crippen LogP contribution in [0.25, 0.3) is 0 Å². The molecule has 0 heterocycles. The van der Waals surface area contributed by atoms with E-state index in [2.05, 4.69) is 5.32 Å². The molecular formula is C28H29ClF3N3O4S. The summed E-state index contributed by atoms with van der Waals surface area (Å²) in [5.74, 6) is -1.26. The molecule has 0 aliphatic rings. The lowest BCUT2D eigenvalue weighted by molar-refractivity contribution is -0.139. The lowest BCUT2D eigenvalue weighted by Crippen LogP contribution is -2.51. The number of nitrogens with one attached hydrogen (secondary N) is 1. The number of alkyl halides is 3. The molecule has 0 aromatic heterocycles. The van der Waals surface area contributed by atoms with Gasteiger partial charge in [0.2, 0.25) is 11.8 Å². The zero-order chi connectivity index (χ0) is 29.7. The van der Waals surface area contributed by atoms with Crippen LogP contribution in [0, 0.1) is 6.92 Å². The van der Waals surface area contributed by atoms with Crippen molar-refractivity contribution in [2.45, 2.75) is 44.4 Å². The summed E-state index contributed by atoms with van der Waals surface area (Å²) >= 11 is 5.77. The van der Waals surface area contributed by atoms with Gasteiger partial charge in [0.1, 0.15) is 12.6 Å². The fourth-order valence-corrected chi connectivity index (χ4v) is 5.58. The van der Waals surface area contributed by atoms with E-state index in [0.29, 0.717) is 22.5 Å². The van der Waals surface area contributed by atoms with Crippen LogP contribution in [-0.2, 0) is 32.3 Å². The van der Waals surface area contributed by atoms with Crippen LogP contribution >= 0.6 is 11.6 Å². The largest absolute Gasteiger partial charge is 0.417 e. The molecule has 1 unspecified atom stereocenters. The van der Waals surface area contributed by atoms with Gasteiger partial charge in [0, 0.05) is 13.1 Å². The van der Waals surface area contributed by atoms with Crippen LogP contribution in [0.3, 0.4) is 0 Å². The summed E-state index contributed by atoms with van der Waals surface area (Å²) in [4.78, 5) is 27.5. The van der Waals surface area contributed by atoms with E-state index in [4.69, 9.17) is 11.6 Å². The molecule has 0 spiro atoms. The summed E-state index contributed by atoms with van der Waals surface area (Å²) < 4.78 is 69.0. The van der Waals surface area contributed by atoms with Gasteiger partial charge >= 0.3 is 6.18 Å². The number of nitrogens with zero attached hydrogens (tertiary/aromatic N) is 2. The van der Waals surface area contributed by atoms with Crippen LogP contribution in [-0.4, -0.2) is 44.3 Å². The van der Waals surface area contributed by atoms with Crippen molar-refractivity contribution in [3.05, 3.63) is 94.5 Å². The van der Waals surface area contributed by atoms with E-state index < -0.39 is 56.9 Å². The number of anilines is 1. The van der Waals surface area contributed by atoms with Gasteiger partial charge in [0.05, 0.1) is 21.2 Å². The van der Waals surface area contributed by atoms with Crippen molar-refractivity contribution in [2.24, 2.45) is 0 Å². The Morgan fingerprint density at radius 3 is 2.20 bits per heavy atom. The van der Waals surface area contributed by atoms with Crippen LogP contribution < -0.4 is 9.62 Å². The molecule has 0 saturated heterocycles. The third-order valence-corrected chi connectivity index (χ3v) is 8.26. The highest BCUT2D eigenvalue weighted by Crippen LogP contribution is 2.38. The van der Waals surface area contributed by atoms with Gasteiger partial charge in [-0.05, 0) is 56.7 Å². The van der Waals surface area contributed by atoms with Gasteiger partial charge in [0.15, 0.2) is 0 Å². The molecule has 3 aromatic carbocycles. The zero-order valence-electron chi connectivity index (χ0n) is 22.1. The molecular weight excluding hydrogens is 567 g/mol. The molecule has 0 fully saturated rings. The molecule has 1 N–H and O–H groups in total. The van der Waals surface area contributed by atoms with Gasteiger partial charge in [-0.3, -0.25) is 13.9 Å². The Balaban J connectivity index is 2.10. The van der Waals surface area contributed by atoms with Crippen LogP contribution in [0.15, 0.2) is 77.7 Å².